The number of thiazole rings is 1. The van der Waals surface area contributed by atoms with Crippen LogP contribution >= 0.6 is 11.3 Å². The Morgan fingerprint density at radius 1 is 1.21 bits per heavy atom. The van der Waals surface area contributed by atoms with Gasteiger partial charge in [0.25, 0.3) is 0 Å². The van der Waals surface area contributed by atoms with E-state index >= 15 is 0 Å². The summed E-state index contributed by atoms with van der Waals surface area (Å²) in [6.45, 7) is 5.39. The Morgan fingerprint density at radius 3 is 2.46 bits per heavy atom. The maximum Gasteiger partial charge on any atom is 0.225 e. The van der Waals surface area contributed by atoms with Gasteiger partial charge in [-0.15, -0.1) is 11.3 Å². The van der Waals surface area contributed by atoms with Gasteiger partial charge in [-0.1, -0.05) is 12.8 Å². The third-order valence-electron chi connectivity index (χ3n) is 5.32. The van der Waals surface area contributed by atoms with E-state index in [2.05, 4.69) is 10.3 Å². The Morgan fingerprint density at radius 2 is 1.88 bits per heavy atom. The lowest BCUT2D eigenvalue weighted by atomic mass is 9.94. The van der Waals surface area contributed by atoms with E-state index in [1.165, 1.54) is 12.8 Å². The zero-order valence-corrected chi connectivity index (χ0v) is 15.4. The van der Waals surface area contributed by atoms with E-state index < -0.39 is 0 Å². The Balaban J connectivity index is 1.47. The summed E-state index contributed by atoms with van der Waals surface area (Å²) in [4.78, 5) is 31.4. The van der Waals surface area contributed by atoms with Crippen LogP contribution in [0.5, 0.6) is 0 Å². The average molecular weight is 350 g/mol. The Labute approximate surface area is 147 Å². The molecule has 1 aromatic heterocycles. The van der Waals surface area contributed by atoms with Crippen molar-refractivity contribution < 1.29 is 9.59 Å². The van der Waals surface area contributed by atoms with Crippen LogP contribution < -0.4 is 5.32 Å². The summed E-state index contributed by atoms with van der Waals surface area (Å²) in [6.07, 6.45) is 6.00. The normalized spacial score (nSPS) is 21.0. The monoisotopic (exact) mass is 349 g/mol. The third kappa shape index (κ3) is 3.97. The molecule has 2 aliphatic rings. The van der Waals surface area contributed by atoms with Crippen molar-refractivity contribution >= 4 is 23.2 Å². The predicted molar refractivity (Wildman–Crippen MR) is 94.7 cm³/mol. The summed E-state index contributed by atoms with van der Waals surface area (Å²) in [5.41, 5.74) is 0.930. The number of rotatable bonds is 4. The first-order valence-corrected chi connectivity index (χ1v) is 9.93. The fourth-order valence-corrected chi connectivity index (χ4v) is 4.48. The number of hydrogen-bond donors (Lipinski definition) is 1. The Bertz CT molecular complexity index is 587. The number of piperidine rings is 1. The van der Waals surface area contributed by atoms with Gasteiger partial charge in [-0.25, -0.2) is 4.98 Å². The van der Waals surface area contributed by atoms with Crippen LogP contribution in [0.2, 0.25) is 0 Å². The molecule has 0 bridgehead atoms. The number of hydrogen-bond acceptors (Lipinski definition) is 4. The number of aryl methyl sites for hydroxylation is 1. The Kier molecular flexibility index (Phi) is 5.54. The van der Waals surface area contributed by atoms with Gasteiger partial charge in [0.05, 0.1) is 16.7 Å². The summed E-state index contributed by atoms with van der Waals surface area (Å²) >= 11 is 1.60. The van der Waals surface area contributed by atoms with Crippen molar-refractivity contribution in [2.75, 3.05) is 13.1 Å². The van der Waals surface area contributed by atoms with Crippen LogP contribution in [0.3, 0.4) is 0 Å². The second-order valence-electron chi connectivity index (χ2n) is 7.10. The summed E-state index contributed by atoms with van der Waals surface area (Å²) in [6, 6.07) is -0.0550. The molecule has 1 saturated carbocycles. The minimum Gasteiger partial charge on any atom is -0.348 e. The fraction of sp³-hybridized carbons (Fsp3) is 0.722. The van der Waals surface area contributed by atoms with Crippen LogP contribution in [0.25, 0.3) is 0 Å². The molecule has 5 nitrogen and oxygen atoms in total. The molecule has 6 heteroatoms. The van der Waals surface area contributed by atoms with Crippen LogP contribution in [0.4, 0.5) is 0 Å². The van der Waals surface area contributed by atoms with Crippen molar-refractivity contribution in [2.45, 2.75) is 58.4 Å². The van der Waals surface area contributed by atoms with Crippen LogP contribution in [0, 0.1) is 18.8 Å². The van der Waals surface area contributed by atoms with Crippen LogP contribution in [-0.2, 0) is 9.59 Å². The van der Waals surface area contributed by atoms with E-state index in [4.69, 9.17) is 0 Å². The molecule has 1 N–H and O–H groups in total. The minimum atomic E-state index is -0.0550. The highest BCUT2D eigenvalue weighted by atomic mass is 32.1. The van der Waals surface area contributed by atoms with Crippen LogP contribution in [0.1, 0.15) is 62.2 Å². The van der Waals surface area contributed by atoms with E-state index in [0.717, 1.165) is 49.5 Å². The summed E-state index contributed by atoms with van der Waals surface area (Å²) < 4.78 is 0. The lowest BCUT2D eigenvalue weighted by molar-refractivity contribution is -0.139. The number of likely N-dealkylation sites (tertiary alicyclic amines) is 1. The second kappa shape index (κ2) is 7.64. The van der Waals surface area contributed by atoms with Crippen molar-refractivity contribution in [3.63, 3.8) is 0 Å². The van der Waals surface area contributed by atoms with Gasteiger partial charge in [0.15, 0.2) is 0 Å². The summed E-state index contributed by atoms with van der Waals surface area (Å²) in [5, 5.41) is 6.10. The summed E-state index contributed by atoms with van der Waals surface area (Å²) in [5.74, 6) is 0.668. The zero-order valence-electron chi connectivity index (χ0n) is 14.6. The first-order valence-electron chi connectivity index (χ1n) is 9.06. The first kappa shape index (κ1) is 17.4. The first-order chi connectivity index (χ1) is 11.5. The van der Waals surface area contributed by atoms with E-state index in [0.29, 0.717) is 5.91 Å². The number of nitrogens with zero attached hydrogens (tertiary/aromatic N) is 2. The molecule has 1 aromatic rings. The molecular formula is C18H27N3O2S. The predicted octanol–water partition coefficient (Wildman–Crippen LogP) is 3.06. The molecule has 24 heavy (non-hydrogen) atoms. The quantitative estimate of drug-likeness (QED) is 0.909. The molecule has 2 amide bonds. The van der Waals surface area contributed by atoms with Crippen LogP contribution in [-0.4, -0.2) is 34.8 Å². The summed E-state index contributed by atoms with van der Waals surface area (Å²) in [7, 11) is 0. The van der Waals surface area contributed by atoms with Crippen molar-refractivity contribution in [3.8, 4) is 0 Å². The van der Waals surface area contributed by atoms with Crippen molar-refractivity contribution in [1.29, 1.82) is 0 Å². The molecule has 2 fully saturated rings. The molecule has 0 aromatic carbocycles. The van der Waals surface area contributed by atoms with Gasteiger partial charge in [-0.05, 0) is 39.5 Å². The third-order valence-corrected chi connectivity index (χ3v) is 6.11. The molecule has 1 atom stereocenters. The van der Waals surface area contributed by atoms with Gasteiger partial charge in [0, 0.05) is 30.3 Å². The molecular weight excluding hydrogens is 322 g/mol. The standard InChI is InChI=1S/C18H27N3O2S/c1-12(16-11-24-13(2)20-16)19-17(22)14-7-9-21(10-8-14)18(23)15-5-3-4-6-15/h11-12,14-15H,3-10H2,1-2H3,(H,19,22). The maximum atomic E-state index is 12.5. The molecule has 0 spiro atoms. The highest BCUT2D eigenvalue weighted by molar-refractivity contribution is 7.09. The molecule has 1 aliphatic heterocycles. The number of carbonyl (C=O) groups excluding carboxylic acids is 2. The highest BCUT2D eigenvalue weighted by Gasteiger charge is 2.32. The van der Waals surface area contributed by atoms with E-state index in [9.17, 15) is 9.59 Å². The minimum absolute atomic E-state index is 0.0137. The average Bonchev–Trinajstić information content (AvgIpc) is 3.26. The molecule has 1 unspecified atom stereocenters. The highest BCUT2D eigenvalue weighted by Crippen LogP contribution is 2.28. The molecule has 1 aliphatic carbocycles. The van der Waals surface area contributed by atoms with Crippen molar-refractivity contribution in [1.82, 2.24) is 15.2 Å². The smallest absolute Gasteiger partial charge is 0.225 e. The van der Waals surface area contributed by atoms with Gasteiger partial charge in [0.1, 0.15) is 0 Å². The second-order valence-corrected chi connectivity index (χ2v) is 8.16. The van der Waals surface area contributed by atoms with Crippen LogP contribution in [0.15, 0.2) is 5.38 Å². The Hall–Kier alpha value is -1.43. The molecule has 1 saturated heterocycles. The van der Waals surface area contributed by atoms with E-state index in [1.54, 1.807) is 11.3 Å². The SMILES string of the molecule is Cc1nc(C(C)NC(=O)C2CCN(C(=O)C3CCCC3)CC2)cs1. The van der Waals surface area contributed by atoms with Crippen molar-refractivity contribution in [2.24, 2.45) is 11.8 Å². The lowest BCUT2D eigenvalue weighted by Gasteiger charge is -2.33. The molecule has 0 radical (unpaired) electrons. The number of carbonyl (C=O) groups is 2. The van der Waals surface area contributed by atoms with E-state index in [-0.39, 0.29) is 23.8 Å². The lowest BCUT2D eigenvalue weighted by Crippen LogP contribution is -2.45. The molecule has 3 rings (SSSR count). The van der Waals surface area contributed by atoms with E-state index in [1.807, 2.05) is 24.1 Å². The molecule has 132 valence electrons. The zero-order chi connectivity index (χ0) is 17.1. The van der Waals surface area contributed by atoms with Gasteiger partial charge >= 0.3 is 0 Å². The van der Waals surface area contributed by atoms with Crippen molar-refractivity contribution in [3.05, 3.63) is 16.1 Å². The maximum absolute atomic E-state index is 12.5. The largest absolute Gasteiger partial charge is 0.348 e. The topological polar surface area (TPSA) is 62.3 Å². The molecule has 2 heterocycles. The van der Waals surface area contributed by atoms with Gasteiger partial charge < -0.3 is 10.2 Å². The number of nitrogens with one attached hydrogen (secondary N) is 1. The van der Waals surface area contributed by atoms with Gasteiger partial charge in [0.2, 0.25) is 11.8 Å². The number of amides is 2. The van der Waals surface area contributed by atoms with Gasteiger partial charge in [-0.3, -0.25) is 9.59 Å². The fourth-order valence-electron chi connectivity index (χ4n) is 3.78. The number of aromatic nitrogens is 1. The van der Waals surface area contributed by atoms with Gasteiger partial charge in [-0.2, -0.15) is 0 Å².